The highest BCUT2D eigenvalue weighted by Gasteiger charge is 2.65. The van der Waals surface area contributed by atoms with Gasteiger partial charge in [0.15, 0.2) is 0 Å². The number of ketones is 1. The Balaban J connectivity index is 1.70. The van der Waals surface area contributed by atoms with Crippen molar-refractivity contribution in [2.45, 2.75) is 84.0 Å². The molecule has 3 N–H and O–H groups in total. The molecule has 0 saturated heterocycles. The topological polar surface area (TPSA) is 77.8 Å². The number of hydrogen-bond donors (Lipinski definition) is 3. The van der Waals surface area contributed by atoms with E-state index in [1.54, 1.807) is 0 Å². The summed E-state index contributed by atoms with van der Waals surface area (Å²) in [7, 11) is 0. The van der Waals surface area contributed by atoms with Gasteiger partial charge in [0.05, 0.1) is 18.3 Å². The Bertz CT molecular complexity index is 560. The van der Waals surface area contributed by atoms with Gasteiger partial charge in [-0.05, 0) is 74.5 Å². The lowest BCUT2D eigenvalue weighted by molar-refractivity contribution is -0.188. The number of carbonyl (C=O) groups is 1. The van der Waals surface area contributed by atoms with Gasteiger partial charge in [0.1, 0.15) is 5.78 Å². The summed E-state index contributed by atoms with van der Waals surface area (Å²) in [6, 6.07) is 0. The van der Waals surface area contributed by atoms with Gasteiger partial charge >= 0.3 is 0 Å². The van der Waals surface area contributed by atoms with E-state index >= 15 is 0 Å². The van der Waals surface area contributed by atoms with Gasteiger partial charge in [-0.2, -0.15) is 0 Å². The molecule has 142 valence electrons. The fourth-order valence-electron chi connectivity index (χ4n) is 7.93. The van der Waals surface area contributed by atoms with Gasteiger partial charge in [-0.3, -0.25) is 4.79 Å². The van der Waals surface area contributed by atoms with Crippen molar-refractivity contribution in [2.75, 3.05) is 0 Å². The van der Waals surface area contributed by atoms with Crippen LogP contribution in [0, 0.1) is 40.4 Å². The summed E-state index contributed by atoms with van der Waals surface area (Å²) >= 11 is 0. The summed E-state index contributed by atoms with van der Waals surface area (Å²) in [5.41, 5.74) is -0.474. The van der Waals surface area contributed by atoms with Crippen molar-refractivity contribution in [3.63, 3.8) is 0 Å². The van der Waals surface area contributed by atoms with Crippen LogP contribution in [0.3, 0.4) is 0 Å². The van der Waals surface area contributed by atoms with Crippen LogP contribution in [-0.2, 0) is 4.79 Å². The van der Waals surface area contributed by atoms with E-state index in [9.17, 15) is 20.1 Å². The standard InChI is InChI=1S/C21H34O4/c1-11(22)15-6-7-16-14-5-4-12-8-13(23)9-18(25)21(12,3)19(14)17(24)10-20(15,16)2/h11-16,18-19,22-23,25H,4-10H2,1-3H3/t11-,12-,13-,14-,15+,16+,18+,19-,20+,21+/m0/s1. The first-order valence-electron chi connectivity index (χ1n) is 10.3. The van der Waals surface area contributed by atoms with E-state index in [1.165, 1.54) is 0 Å². The molecule has 0 aromatic carbocycles. The van der Waals surface area contributed by atoms with Crippen LogP contribution in [0.1, 0.15) is 65.7 Å². The molecular weight excluding hydrogens is 316 g/mol. The van der Waals surface area contributed by atoms with Crippen LogP contribution in [0.2, 0.25) is 0 Å². The molecule has 4 heteroatoms. The quantitative estimate of drug-likeness (QED) is 0.679. The van der Waals surface area contributed by atoms with Crippen LogP contribution < -0.4 is 0 Å². The molecular formula is C21H34O4. The minimum Gasteiger partial charge on any atom is -0.393 e. The fourth-order valence-corrected chi connectivity index (χ4v) is 7.93. The predicted octanol–water partition coefficient (Wildman–Crippen LogP) is 2.54. The lowest BCUT2D eigenvalue weighted by atomic mass is 9.43. The maximum atomic E-state index is 13.4. The molecule has 4 aliphatic rings. The molecule has 0 spiro atoms. The van der Waals surface area contributed by atoms with Gasteiger partial charge in [0.2, 0.25) is 0 Å². The maximum Gasteiger partial charge on any atom is 0.137 e. The van der Waals surface area contributed by atoms with E-state index in [-0.39, 0.29) is 34.7 Å². The molecule has 4 saturated carbocycles. The Morgan fingerprint density at radius 2 is 1.80 bits per heavy atom. The van der Waals surface area contributed by atoms with Gasteiger partial charge in [-0.15, -0.1) is 0 Å². The molecule has 10 atom stereocenters. The first-order chi connectivity index (χ1) is 11.7. The molecule has 0 heterocycles. The van der Waals surface area contributed by atoms with Crippen molar-refractivity contribution in [1.82, 2.24) is 0 Å². The molecule has 0 amide bonds. The van der Waals surface area contributed by atoms with Crippen molar-refractivity contribution >= 4 is 5.78 Å². The number of fused-ring (bicyclic) bond motifs is 5. The van der Waals surface area contributed by atoms with Gasteiger partial charge in [0, 0.05) is 17.8 Å². The molecule has 0 aromatic rings. The van der Waals surface area contributed by atoms with Gasteiger partial charge in [-0.25, -0.2) is 0 Å². The minimum atomic E-state index is -0.587. The maximum absolute atomic E-state index is 13.4. The van der Waals surface area contributed by atoms with E-state index in [0.717, 1.165) is 32.1 Å². The average molecular weight is 350 g/mol. The molecule has 4 rings (SSSR count). The number of aliphatic hydroxyl groups is 3. The highest BCUT2D eigenvalue weighted by atomic mass is 16.3. The molecule has 4 aliphatic carbocycles. The zero-order chi connectivity index (χ0) is 18.1. The Labute approximate surface area is 151 Å². The third kappa shape index (κ3) is 2.33. The zero-order valence-corrected chi connectivity index (χ0v) is 15.8. The second kappa shape index (κ2) is 5.77. The van der Waals surface area contributed by atoms with Gasteiger partial charge in [-0.1, -0.05) is 13.8 Å². The third-order valence-electron chi connectivity index (χ3n) is 9.08. The fraction of sp³-hybridized carbons (Fsp3) is 0.952. The normalized spacial score (nSPS) is 56.7. The first-order valence-corrected chi connectivity index (χ1v) is 10.3. The van der Waals surface area contributed by atoms with Crippen LogP contribution in [0.15, 0.2) is 0 Å². The molecule has 0 aliphatic heterocycles. The molecule has 0 aromatic heterocycles. The number of aliphatic hydroxyl groups excluding tert-OH is 3. The average Bonchev–Trinajstić information content (AvgIpc) is 2.85. The van der Waals surface area contributed by atoms with Crippen LogP contribution in [-0.4, -0.2) is 39.4 Å². The summed E-state index contributed by atoms with van der Waals surface area (Å²) in [6.45, 7) is 6.22. The monoisotopic (exact) mass is 350 g/mol. The van der Waals surface area contributed by atoms with Crippen LogP contribution in [0.25, 0.3) is 0 Å². The van der Waals surface area contributed by atoms with E-state index in [2.05, 4.69) is 13.8 Å². The summed E-state index contributed by atoms with van der Waals surface area (Å²) in [4.78, 5) is 13.4. The summed E-state index contributed by atoms with van der Waals surface area (Å²) in [6.07, 6.45) is 4.44. The number of Topliss-reactive ketones (excluding diaryl/α,β-unsaturated/α-hetero) is 1. The summed E-state index contributed by atoms with van der Waals surface area (Å²) < 4.78 is 0. The highest BCUT2D eigenvalue weighted by molar-refractivity contribution is 5.84. The lowest BCUT2D eigenvalue weighted by Crippen LogP contribution is -2.62. The highest BCUT2D eigenvalue weighted by Crippen LogP contribution is 2.66. The number of rotatable bonds is 1. The second-order valence-corrected chi connectivity index (χ2v) is 10.1. The van der Waals surface area contributed by atoms with E-state index in [0.29, 0.717) is 30.5 Å². The molecule has 25 heavy (non-hydrogen) atoms. The second-order valence-electron chi connectivity index (χ2n) is 10.1. The Morgan fingerprint density at radius 1 is 1.08 bits per heavy atom. The van der Waals surface area contributed by atoms with Crippen molar-refractivity contribution in [2.24, 2.45) is 40.4 Å². The molecule has 0 unspecified atom stereocenters. The Kier molecular flexibility index (Phi) is 4.14. The summed E-state index contributed by atoms with van der Waals surface area (Å²) in [5.74, 6) is 1.51. The van der Waals surface area contributed by atoms with E-state index in [4.69, 9.17) is 0 Å². The smallest absolute Gasteiger partial charge is 0.137 e. The largest absolute Gasteiger partial charge is 0.393 e. The van der Waals surface area contributed by atoms with Crippen LogP contribution in [0.4, 0.5) is 0 Å². The SMILES string of the molecule is C[C@H](O)[C@H]1CC[C@@H]2[C@@H]3CC[C@H]4C[C@H](O)C[C@@H](O)[C@]4(C)[C@@H]3C(=O)C[C@@]21C. The molecule has 0 bridgehead atoms. The van der Waals surface area contributed by atoms with E-state index in [1.807, 2.05) is 6.92 Å². The van der Waals surface area contributed by atoms with Crippen molar-refractivity contribution in [3.8, 4) is 0 Å². The Morgan fingerprint density at radius 3 is 2.48 bits per heavy atom. The first kappa shape index (κ1) is 17.9. The lowest BCUT2D eigenvalue weighted by Gasteiger charge is -2.61. The van der Waals surface area contributed by atoms with Crippen molar-refractivity contribution in [3.05, 3.63) is 0 Å². The predicted molar refractivity (Wildman–Crippen MR) is 94.7 cm³/mol. The number of carbonyl (C=O) groups excluding carboxylic acids is 1. The van der Waals surface area contributed by atoms with Crippen molar-refractivity contribution < 1.29 is 20.1 Å². The molecule has 4 fully saturated rings. The van der Waals surface area contributed by atoms with Gasteiger partial charge in [0.25, 0.3) is 0 Å². The molecule has 0 radical (unpaired) electrons. The molecule has 4 nitrogen and oxygen atoms in total. The van der Waals surface area contributed by atoms with Gasteiger partial charge < -0.3 is 15.3 Å². The van der Waals surface area contributed by atoms with Crippen LogP contribution in [0.5, 0.6) is 0 Å². The minimum absolute atomic E-state index is 0.0698. The van der Waals surface area contributed by atoms with Crippen molar-refractivity contribution in [1.29, 1.82) is 0 Å². The Hall–Kier alpha value is -0.450. The van der Waals surface area contributed by atoms with E-state index < -0.39 is 12.2 Å². The van der Waals surface area contributed by atoms with Crippen LogP contribution >= 0.6 is 0 Å². The zero-order valence-electron chi connectivity index (χ0n) is 15.8. The number of hydrogen-bond acceptors (Lipinski definition) is 4. The summed E-state index contributed by atoms with van der Waals surface area (Å²) in [5, 5.41) is 31.3. The third-order valence-corrected chi connectivity index (χ3v) is 9.08.